The first-order valence-electron chi connectivity index (χ1n) is 16.9. The molecule has 1 N–H and O–H groups in total. The average Bonchev–Trinajstić information content (AvgIpc) is 3.58. The van der Waals surface area contributed by atoms with Gasteiger partial charge in [0.2, 0.25) is 17.7 Å². The lowest BCUT2D eigenvalue weighted by Crippen LogP contribution is -2.43. The van der Waals surface area contributed by atoms with Crippen LogP contribution in [0.25, 0.3) is 0 Å². The molecule has 3 heterocycles. The number of hydrogen-bond donors (Lipinski definition) is 1. The molecule has 3 amide bonds. The number of ether oxygens (including phenoxy) is 5. The molecule has 1 unspecified atom stereocenters. The molecule has 270 valence electrons. The van der Waals surface area contributed by atoms with Crippen molar-refractivity contribution in [3.8, 4) is 29.7 Å². The zero-order valence-corrected chi connectivity index (χ0v) is 29.4. The van der Waals surface area contributed by atoms with Crippen molar-refractivity contribution in [2.75, 3.05) is 53.1 Å². The van der Waals surface area contributed by atoms with Gasteiger partial charge in [-0.05, 0) is 42.9 Å². The molecule has 13 nitrogen and oxygen atoms in total. The van der Waals surface area contributed by atoms with Crippen LogP contribution in [0.15, 0.2) is 42.6 Å². The Labute approximate surface area is 293 Å². The van der Waals surface area contributed by atoms with E-state index in [4.69, 9.17) is 30.1 Å². The molecule has 0 aliphatic carbocycles. The van der Waals surface area contributed by atoms with Gasteiger partial charge < -0.3 is 38.8 Å². The Hall–Kier alpha value is -4.67. The van der Waals surface area contributed by atoms with E-state index in [1.807, 2.05) is 6.07 Å². The number of benzene rings is 1. The summed E-state index contributed by atoms with van der Waals surface area (Å²) in [5, 5.41) is 2.75. The Balaban J connectivity index is 1.18. The number of hydrogen-bond acceptors (Lipinski definition) is 10. The van der Waals surface area contributed by atoms with Crippen LogP contribution in [-0.4, -0.2) is 110 Å². The Kier molecular flexibility index (Phi) is 14.0. The predicted octanol–water partition coefficient (Wildman–Crippen LogP) is 3.61. The molecular formula is C37H48N4O9. The van der Waals surface area contributed by atoms with Crippen LogP contribution in [0.3, 0.4) is 0 Å². The first kappa shape index (κ1) is 38.1. The minimum Gasteiger partial charge on any atom is -0.490 e. The van der Waals surface area contributed by atoms with Gasteiger partial charge in [-0.25, -0.2) is 9.78 Å². The van der Waals surface area contributed by atoms with Crippen LogP contribution in [0.5, 0.6) is 17.4 Å². The third kappa shape index (κ3) is 12.0. The van der Waals surface area contributed by atoms with Crippen molar-refractivity contribution in [3.05, 3.63) is 48.2 Å². The van der Waals surface area contributed by atoms with Crippen LogP contribution < -0.4 is 14.8 Å². The molecule has 13 heteroatoms. The zero-order valence-electron chi connectivity index (χ0n) is 29.4. The van der Waals surface area contributed by atoms with E-state index >= 15 is 0 Å². The minimum atomic E-state index is -0.760. The van der Waals surface area contributed by atoms with E-state index in [1.165, 1.54) is 13.3 Å². The van der Waals surface area contributed by atoms with E-state index in [0.29, 0.717) is 56.9 Å². The molecule has 2 aliphatic heterocycles. The van der Waals surface area contributed by atoms with Crippen molar-refractivity contribution in [2.45, 2.75) is 71.1 Å². The lowest BCUT2D eigenvalue weighted by molar-refractivity contribution is -0.144. The lowest BCUT2D eigenvalue weighted by Gasteiger charge is -2.32. The number of pyridine rings is 1. The van der Waals surface area contributed by atoms with Gasteiger partial charge in [0.15, 0.2) is 0 Å². The number of aromatic nitrogens is 1. The maximum atomic E-state index is 12.8. The molecule has 1 aromatic carbocycles. The number of amides is 3. The number of esters is 1. The molecular weight excluding hydrogens is 644 g/mol. The highest BCUT2D eigenvalue weighted by atomic mass is 16.5. The van der Waals surface area contributed by atoms with Gasteiger partial charge >= 0.3 is 5.97 Å². The fourth-order valence-corrected chi connectivity index (χ4v) is 5.60. The molecule has 2 aromatic rings. The van der Waals surface area contributed by atoms with Crippen molar-refractivity contribution in [1.82, 2.24) is 20.1 Å². The van der Waals surface area contributed by atoms with E-state index in [2.05, 4.69) is 37.0 Å². The summed E-state index contributed by atoms with van der Waals surface area (Å²) in [7, 11) is 1.30. The molecule has 0 spiro atoms. The number of likely N-dealkylation sites (tertiary alicyclic amines) is 2. The van der Waals surface area contributed by atoms with Crippen molar-refractivity contribution in [1.29, 1.82) is 0 Å². The molecule has 2 atom stereocenters. The monoisotopic (exact) mass is 692 g/mol. The molecule has 1 aromatic heterocycles. The summed E-state index contributed by atoms with van der Waals surface area (Å²) in [6.07, 6.45) is 9.65. The smallest absolute Gasteiger partial charge is 0.328 e. The first-order valence-corrected chi connectivity index (χ1v) is 16.9. The summed E-state index contributed by atoms with van der Waals surface area (Å²) in [6, 6.07) is 9.56. The number of methoxy groups -OCH3 is 1. The maximum absolute atomic E-state index is 12.8. The summed E-state index contributed by atoms with van der Waals surface area (Å²) in [5.74, 6) is 2.57. The van der Waals surface area contributed by atoms with Crippen LogP contribution in [0.2, 0.25) is 0 Å². The van der Waals surface area contributed by atoms with Crippen molar-refractivity contribution in [3.63, 3.8) is 0 Å². The quantitative estimate of drug-likeness (QED) is 0.217. The van der Waals surface area contributed by atoms with E-state index in [9.17, 15) is 19.2 Å². The van der Waals surface area contributed by atoms with Gasteiger partial charge in [0.05, 0.1) is 18.8 Å². The van der Waals surface area contributed by atoms with Crippen molar-refractivity contribution in [2.24, 2.45) is 5.41 Å². The fraction of sp³-hybridized carbons (Fsp3) is 0.541. The van der Waals surface area contributed by atoms with Gasteiger partial charge in [-0.2, -0.15) is 0 Å². The third-order valence-electron chi connectivity index (χ3n) is 8.45. The number of carbonyl (C=O) groups excluding carboxylic acids is 4. The number of nitrogens with zero attached hydrogens (tertiary/aromatic N) is 3. The normalized spacial score (nSPS) is 17.1. The number of piperidine rings is 1. The van der Waals surface area contributed by atoms with E-state index < -0.39 is 17.9 Å². The molecule has 4 rings (SSSR count). The number of terminal acetylenes is 1. The maximum Gasteiger partial charge on any atom is 0.328 e. The molecule has 2 aliphatic rings. The summed E-state index contributed by atoms with van der Waals surface area (Å²) in [4.78, 5) is 57.9. The van der Waals surface area contributed by atoms with Gasteiger partial charge in [0.25, 0.3) is 5.91 Å². The molecule has 0 radical (unpaired) electrons. The van der Waals surface area contributed by atoms with Crippen LogP contribution in [-0.2, 0) is 28.6 Å². The van der Waals surface area contributed by atoms with Crippen LogP contribution in [0.4, 0.5) is 0 Å². The second-order valence-corrected chi connectivity index (χ2v) is 13.6. The van der Waals surface area contributed by atoms with Gasteiger partial charge in [-0.3, -0.25) is 14.4 Å². The van der Waals surface area contributed by atoms with E-state index in [0.717, 1.165) is 12.8 Å². The van der Waals surface area contributed by atoms with Crippen LogP contribution in [0.1, 0.15) is 63.2 Å². The highest BCUT2D eigenvalue weighted by Crippen LogP contribution is 2.27. The lowest BCUT2D eigenvalue weighted by atomic mass is 9.88. The number of carbonyl (C=O) groups is 4. The zero-order chi connectivity index (χ0) is 36.1. The SMILES string of the molecule is C#CCOC1CCN(C(=O)COCC(=O)N2CCC(Oc3cccc(Oc4ccc(C(=O)N[C@@H](CCC(C)(C)C)C(=O)OC)cn4)c3)CC2)C1. The third-order valence-corrected chi connectivity index (χ3v) is 8.45. The van der Waals surface area contributed by atoms with Gasteiger partial charge in [-0.15, -0.1) is 6.42 Å². The highest BCUT2D eigenvalue weighted by molar-refractivity contribution is 5.96. The Morgan fingerprint density at radius 1 is 0.980 bits per heavy atom. The largest absolute Gasteiger partial charge is 0.490 e. The summed E-state index contributed by atoms with van der Waals surface area (Å²) >= 11 is 0. The average molecular weight is 693 g/mol. The Morgan fingerprint density at radius 2 is 1.66 bits per heavy atom. The topological polar surface area (TPSA) is 146 Å². The molecule has 2 fully saturated rings. The van der Waals surface area contributed by atoms with Gasteiger partial charge in [0.1, 0.15) is 43.5 Å². The standard InChI is InChI=1S/C37H48N4O9/c1-6-20-48-30-15-19-41(23-30)34(43)25-47-24-33(42)40-17-13-27(14-18-40)49-28-8-7-9-29(21-28)50-32-11-10-26(22-38-32)35(44)39-31(36(45)46-5)12-16-37(2,3)4/h1,7-11,21-22,27,30-31H,12-20,23-25H2,2-5H3,(H,39,44)/t30?,31-/m0/s1. The summed E-state index contributed by atoms with van der Waals surface area (Å²) in [6.45, 7) is 8.19. The second-order valence-electron chi connectivity index (χ2n) is 13.6. The predicted molar refractivity (Wildman–Crippen MR) is 184 cm³/mol. The molecule has 0 saturated carbocycles. The van der Waals surface area contributed by atoms with Crippen LogP contribution in [0, 0.1) is 17.8 Å². The van der Waals surface area contributed by atoms with Crippen molar-refractivity contribution >= 4 is 23.7 Å². The second kappa shape index (κ2) is 18.4. The van der Waals surface area contributed by atoms with Crippen molar-refractivity contribution < 1.29 is 42.9 Å². The molecule has 2 saturated heterocycles. The van der Waals surface area contributed by atoms with E-state index in [1.54, 1.807) is 40.1 Å². The molecule has 0 bridgehead atoms. The minimum absolute atomic E-state index is 0.00291. The van der Waals surface area contributed by atoms with Gasteiger partial charge in [-0.1, -0.05) is 32.8 Å². The van der Waals surface area contributed by atoms with Crippen LogP contribution >= 0.6 is 0 Å². The highest BCUT2D eigenvalue weighted by Gasteiger charge is 2.28. The van der Waals surface area contributed by atoms with Gasteiger partial charge in [0, 0.05) is 57.4 Å². The molecule has 50 heavy (non-hydrogen) atoms. The summed E-state index contributed by atoms with van der Waals surface area (Å²) < 4.78 is 27.9. The number of rotatable bonds is 15. The first-order chi connectivity index (χ1) is 23.9. The number of nitrogens with one attached hydrogen (secondary N) is 1. The Bertz CT molecular complexity index is 1490. The Morgan fingerprint density at radius 3 is 2.32 bits per heavy atom. The fourth-order valence-electron chi connectivity index (χ4n) is 5.60. The van der Waals surface area contributed by atoms with E-state index in [-0.39, 0.29) is 60.7 Å². The summed E-state index contributed by atoms with van der Waals surface area (Å²) in [5.41, 5.74) is 0.281.